The number of hydrogen-bond acceptors (Lipinski definition) is 2. The summed E-state index contributed by atoms with van der Waals surface area (Å²) < 4.78 is 5.77. The highest BCUT2D eigenvalue weighted by Gasteiger charge is 2.02. The maximum absolute atomic E-state index is 12.1. The van der Waals surface area contributed by atoms with E-state index in [1.54, 1.807) is 6.08 Å². The first-order chi connectivity index (χ1) is 11.6. The number of carbonyl (C=O) groups is 1. The predicted octanol–water partition coefficient (Wildman–Crippen LogP) is 5.13. The summed E-state index contributed by atoms with van der Waals surface area (Å²) in [6.45, 7) is 6.91. The molecule has 0 saturated heterocycles. The molecule has 0 spiro atoms. The molecule has 1 amide bonds. The van der Waals surface area contributed by atoms with Gasteiger partial charge in [0.2, 0.25) is 5.91 Å². The van der Waals surface area contributed by atoms with Crippen molar-refractivity contribution < 1.29 is 9.53 Å². The molecular weight excluding hydrogens is 298 g/mol. The number of amides is 1. The first-order valence-electron chi connectivity index (χ1n) is 8.38. The van der Waals surface area contributed by atoms with Crippen LogP contribution in [0, 0.1) is 13.8 Å². The Hall–Kier alpha value is -2.55. The van der Waals surface area contributed by atoms with Crippen LogP contribution in [0.1, 0.15) is 36.5 Å². The molecule has 0 heterocycles. The molecule has 0 atom stereocenters. The molecule has 24 heavy (non-hydrogen) atoms. The van der Waals surface area contributed by atoms with E-state index < -0.39 is 0 Å². The number of unbranched alkanes of at least 4 members (excludes halogenated alkanes) is 1. The predicted molar refractivity (Wildman–Crippen MR) is 100 cm³/mol. The summed E-state index contributed by atoms with van der Waals surface area (Å²) in [5, 5.41) is 2.89. The van der Waals surface area contributed by atoms with Gasteiger partial charge in [0.1, 0.15) is 5.75 Å². The Morgan fingerprint density at radius 3 is 2.67 bits per heavy atom. The lowest BCUT2D eigenvalue weighted by Gasteiger charge is -2.08. The normalized spacial score (nSPS) is 10.8. The minimum Gasteiger partial charge on any atom is -0.493 e. The van der Waals surface area contributed by atoms with Crippen LogP contribution in [0.5, 0.6) is 5.75 Å². The topological polar surface area (TPSA) is 38.3 Å². The van der Waals surface area contributed by atoms with E-state index in [-0.39, 0.29) is 5.91 Å². The van der Waals surface area contributed by atoms with Gasteiger partial charge in [0.25, 0.3) is 0 Å². The smallest absolute Gasteiger partial charge is 0.248 e. The summed E-state index contributed by atoms with van der Waals surface area (Å²) in [5.74, 6) is 0.655. The fourth-order valence-corrected chi connectivity index (χ4v) is 2.24. The molecule has 0 saturated carbocycles. The number of anilines is 1. The van der Waals surface area contributed by atoms with Gasteiger partial charge in [0, 0.05) is 17.3 Å². The molecule has 0 aliphatic rings. The molecule has 1 N–H and O–H groups in total. The van der Waals surface area contributed by atoms with Crippen LogP contribution in [0.4, 0.5) is 5.69 Å². The van der Waals surface area contributed by atoms with Gasteiger partial charge in [-0.05, 0) is 55.7 Å². The number of carbonyl (C=O) groups excluding carboxylic acids is 1. The minimum atomic E-state index is -0.151. The lowest BCUT2D eigenvalue weighted by Crippen LogP contribution is -2.08. The molecule has 0 radical (unpaired) electrons. The van der Waals surface area contributed by atoms with Crippen LogP contribution in [0.25, 0.3) is 6.08 Å². The average molecular weight is 323 g/mol. The third-order valence-corrected chi connectivity index (χ3v) is 3.86. The number of rotatable bonds is 7. The van der Waals surface area contributed by atoms with Crippen LogP contribution < -0.4 is 10.1 Å². The Morgan fingerprint density at radius 1 is 1.12 bits per heavy atom. The lowest BCUT2D eigenvalue weighted by molar-refractivity contribution is -0.111. The van der Waals surface area contributed by atoms with Crippen LogP contribution in [0.2, 0.25) is 0 Å². The number of hydrogen-bond donors (Lipinski definition) is 1. The quantitative estimate of drug-likeness (QED) is 0.566. The van der Waals surface area contributed by atoms with Crippen LogP contribution in [0.3, 0.4) is 0 Å². The standard InChI is InChI=1S/C21H25NO2/c1-4-5-14-24-20-9-7-6-8-18(20)11-13-21(23)22-19-12-10-16(2)17(3)15-19/h6-13,15H,4-5,14H2,1-3H3,(H,22,23). The van der Waals surface area contributed by atoms with Crippen molar-refractivity contribution in [2.75, 3.05) is 11.9 Å². The van der Waals surface area contributed by atoms with Gasteiger partial charge in [0.05, 0.1) is 6.61 Å². The summed E-state index contributed by atoms with van der Waals surface area (Å²) in [7, 11) is 0. The van der Waals surface area contributed by atoms with Gasteiger partial charge >= 0.3 is 0 Å². The zero-order valence-electron chi connectivity index (χ0n) is 14.6. The van der Waals surface area contributed by atoms with Crippen LogP contribution in [-0.4, -0.2) is 12.5 Å². The van der Waals surface area contributed by atoms with Gasteiger partial charge in [-0.2, -0.15) is 0 Å². The third-order valence-electron chi connectivity index (χ3n) is 3.86. The van der Waals surface area contributed by atoms with Crippen LogP contribution in [0.15, 0.2) is 48.5 Å². The number of benzene rings is 2. The maximum atomic E-state index is 12.1. The van der Waals surface area contributed by atoms with Gasteiger partial charge in [-0.15, -0.1) is 0 Å². The Bertz CT molecular complexity index is 720. The second kappa shape index (κ2) is 8.92. The summed E-state index contributed by atoms with van der Waals surface area (Å²) in [4.78, 5) is 12.1. The van der Waals surface area contributed by atoms with Crippen molar-refractivity contribution in [3.8, 4) is 5.75 Å². The first kappa shape index (κ1) is 17.8. The molecule has 2 aromatic rings. The zero-order valence-corrected chi connectivity index (χ0v) is 14.6. The fourth-order valence-electron chi connectivity index (χ4n) is 2.24. The summed E-state index contributed by atoms with van der Waals surface area (Å²) in [6, 6.07) is 13.6. The molecule has 0 bridgehead atoms. The molecule has 0 fully saturated rings. The second-order valence-corrected chi connectivity index (χ2v) is 5.86. The molecule has 0 unspecified atom stereocenters. The van der Waals surface area contributed by atoms with Crippen molar-refractivity contribution >= 4 is 17.7 Å². The molecule has 0 aliphatic carbocycles. The number of ether oxygens (including phenoxy) is 1. The van der Waals surface area contributed by atoms with E-state index in [1.807, 2.05) is 49.4 Å². The van der Waals surface area contributed by atoms with Gasteiger partial charge in [0.15, 0.2) is 0 Å². The Kier molecular flexibility index (Phi) is 6.62. The minimum absolute atomic E-state index is 0.151. The highest BCUT2D eigenvalue weighted by atomic mass is 16.5. The number of para-hydroxylation sites is 1. The van der Waals surface area contributed by atoms with Gasteiger partial charge in [-0.25, -0.2) is 0 Å². The average Bonchev–Trinajstić information content (AvgIpc) is 2.57. The Labute approximate surface area is 144 Å². The molecule has 2 rings (SSSR count). The molecule has 0 aliphatic heterocycles. The van der Waals surface area contributed by atoms with E-state index in [9.17, 15) is 4.79 Å². The van der Waals surface area contributed by atoms with E-state index in [0.29, 0.717) is 6.61 Å². The lowest BCUT2D eigenvalue weighted by atomic mass is 10.1. The van der Waals surface area contributed by atoms with Crippen molar-refractivity contribution in [2.24, 2.45) is 0 Å². The molecule has 3 nitrogen and oxygen atoms in total. The van der Waals surface area contributed by atoms with E-state index in [1.165, 1.54) is 11.6 Å². The van der Waals surface area contributed by atoms with E-state index in [0.717, 1.165) is 35.4 Å². The van der Waals surface area contributed by atoms with Crippen molar-refractivity contribution in [1.29, 1.82) is 0 Å². The summed E-state index contributed by atoms with van der Waals surface area (Å²) in [5.41, 5.74) is 4.08. The zero-order chi connectivity index (χ0) is 17.4. The van der Waals surface area contributed by atoms with E-state index in [4.69, 9.17) is 4.74 Å². The van der Waals surface area contributed by atoms with E-state index in [2.05, 4.69) is 19.2 Å². The highest BCUT2D eigenvalue weighted by Crippen LogP contribution is 2.20. The van der Waals surface area contributed by atoms with Crippen molar-refractivity contribution in [2.45, 2.75) is 33.6 Å². The Balaban J connectivity index is 2.01. The maximum Gasteiger partial charge on any atom is 0.248 e. The largest absolute Gasteiger partial charge is 0.493 e. The van der Waals surface area contributed by atoms with Crippen molar-refractivity contribution in [1.82, 2.24) is 0 Å². The molecule has 126 valence electrons. The molecule has 3 heteroatoms. The molecule has 0 aromatic heterocycles. The van der Waals surface area contributed by atoms with E-state index >= 15 is 0 Å². The first-order valence-corrected chi connectivity index (χ1v) is 8.38. The van der Waals surface area contributed by atoms with Crippen molar-refractivity contribution in [3.05, 3.63) is 65.2 Å². The molecule has 2 aromatic carbocycles. The highest BCUT2D eigenvalue weighted by molar-refractivity contribution is 6.02. The summed E-state index contributed by atoms with van der Waals surface area (Å²) in [6.07, 6.45) is 5.44. The number of nitrogens with one attached hydrogen (secondary N) is 1. The van der Waals surface area contributed by atoms with Gasteiger partial charge < -0.3 is 10.1 Å². The molecular formula is C21H25NO2. The van der Waals surface area contributed by atoms with Gasteiger partial charge in [-0.3, -0.25) is 4.79 Å². The summed E-state index contributed by atoms with van der Waals surface area (Å²) >= 11 is 0. The number of aryl methyl sites for hydroxylation is 2. The monoisotopic (exact) mass is 323 g/mol. The Morgan fingerprint density at radius 2 is 1.92 bits per heavy atom. The second-order valence-electron chi connectivity index (χ2n) is 5.86. The SMILES string of the molecule is CCCCOc1ccccc1C=CC(=O)Nc1ccc(C)c(C)c1. The fraction of sp³-hybridized carbons (Fsp3) is 0.286. The van der Waals surface area contributed by atoms with Gasteiger partial charge in [-0.1, -0.05) is 37.6 Å². The van der Waals surface area contributed by atoms with Crippen LogP contribution in [-0.2, 0) is 4.79 Å². The van der Waals surface area contributed by atoms with Crippen molar-refractivity contribution in [3.63, 3.8) is 0 Å². The third kappa shape index (κ3) is 5.27. The van der Waals surface area contributed by atoms with Crippen LogP contribution >= 0.6 is 0 Å².